The van der Waals surface area contributed by atoms with Gasteiger partial charge in [-0.2, -0.15) is 0 Å². The van der Waals surface area contributed by atoms with E-state index >= 15 is 0 Å². The van der Waals surface area contributed by atoms with Crippen LogP contribution in [0.5, 0.6) is 0 Å². The van der Waals surface area contributed by atoms with Gasteiger partial charge in [-0.1, -0.05) is 20.8 Å². The highest BCUT2D eigenvalue weighted by Gasteiger charge is 2.26. The van der Waals surface area contributed by atoms with Crippen molar-refractivity contribution in [2.45, 2.75) is 45.8 Å². The molecule has 0 radical (unpaired) electrons. The summed E-state index contributed by atoms with van der Waals surface area (Å²) in [6.07, 6.45) is 1.73. The van der Waals surface area contributed by atoms with Crippen LogP contribution in [0.3, 0.4) is 0 Å². The standard InChI is InChI=1S/C12H25NO2/c1-4-5-13-6-7-15-12(9-13)11(14)8-10(2)3/h10-12,14H,4-9H2,1-3H3. The molecule has 1 rings (SSSR count). The first-order valence-corrected chi connectivity index (χ1v) is 6.15. The van der Waals surface area contributed by atoms with E-state index in [-0.39, 0.29) is 12.2 Å². The van der Waals surface area contributed by atoms with Crippen molar-refractivity contribution in [2.24, 2.45) is 5.92 Å². The van der Waals surface area contributed by atoms with Gasteiger partial charge in [0.1, 0.15) is 0 Å². The molecule has 2 unspecified atom stereocenters. The molecule has 1 aliphatic rings. The second-order valence-electron chi connectivity index (χ2n) is 4.91. The fourth-order valence-corrected chi connectivity index (χ4v) is 2.12. The highest BCUT2D eigenvalue weighted by Crippen LogP contribution is 2.15. The molecule has 0 aliphatic carbocycles. The van der Waals surface area contributed by atoms with Crippen molar-refractivity contribution in [3.63, 3.8) is 0 Å². The Balaban J connectivity index is 2.34. The molecular formula is C12H25NO2. The van der Waals surface area contributed by atoms with Crippen LogP contribution in [0.2, 0.25) is 0 Å². The maximum Gasteiger partial charge on any atom is 0.0961 e. The predicted molar refractivity (Wildman–Crippen MR) is 61.9 cm³/mol. The van der Waals surface area contributed by atoms with Crippen molar-refractivity contribution in [1.29, 1.82) is 0 Å². The molecule has 3 nitrogen and oxygen atoms in total. The summed E-state index contributed by atoms with van der Waals surface area (Å²) >= 11 is 0. The van der Waals surface area contributed by atoms with E-state index in [1.54, 1.807) is 0 Å². The summed E-state index contributed by atoms with van der Waals surface area (Å²) in [4.78, 5) is 2.39. The van der Waals surface area contributed by atoms with E-state index in [2.05, 4.69) is 25.7 Å². The monoisotopic (exact) mass is 215 g/mol. The number of morpholine rings is 1. The van der Waals surface area contributed by atoms with Crippen LogP contribution < -0.4 is 0 Å². The molecule has 1 N–H and O–H groups in total. The Kier molecular flexibility index (Phi) is 5.58. The first kappa shape index (κ1) is 12.9. The summed E-state index contributed by atoms with van der Waals surface area (Å²) in [5, 5.41) is 9.98. The minimum Gasteiger partial charge on any atom is -0.390 e. The molecule has 0 aromatic rings. The van der Waals surface area contributed by atoms with Crippen LogP contribution in [-0.4, -0.2) is 48.5 Å². The van der Waals surface area contributed by atoms with E-state index in [9.17, 15) is 5.11 Å². The summed E-state index contributed by atoms with van der Waals surface area (Å²) < 4.78 is 5.63. The van der Waals surface area contributed by atoms with Crippen LogP contribution >= 0.6 is 0 Å². The summed E-state index contributed by atoms with van der Waals surface area (Å²) in [5.41, 5.74) is 0. The molecule has 15 heavy (non-hydrogen) atoms. The second-order valence-corrected chi connectivity index (χ2v) is 4.91. The third-order valence-electron chi connectivity index (χ3n) is 2.86. The Hall–Kier alpha value is -0.120. The van der Waals surface area contributed by atoms with Gasteiger partial charge in [0, 0.05) is 13.1 Å². The molecular weight excluding hydrogens is 190 g/mol. The van der Waals surface area contributed by atoms with E-state index in [0.717, 1.165) is 32.7 Å². The van der Waals surface area contributed by atoms with Gasteiger partial charge in [-0.25, -0.2) is 0 Å². The zero-order valence-corrected chi connectivity index (χ0v) is 10.3. The number of hydrogen-bond donors (Lipinski definition) is 1. The Morgan fingerprint density at radius 1 is 1.47 bits per heavy atom. The lowest BCUT2D eigenvalue weighted by Crippen LogP contribution is -2.48. The smallest absolute Gasteiger partial charge is 0.0961 e. The van der Waals surface area contributed by atoms with Gasteiger partial charge < -0.3 is 9.84 Å². The number of rotatable bonds is 5. The zero-order valence-electron chi connectivity index (χ0n) is 10.3. The maximum absolute atomic E-state index is 9.98. The SMILES string of the molecule is CCCN1CCOC(C(O)CC(C)C)C1. The van der Waals surface area contributed by atoms with Gasteiger partial charge in [-0.05, 0) is 25.3 Å². The lowest BCUT2D eigenvalue weighted by Gasteiger charge is -2.35. The number of hydrogen-bond acceptors (Lipinski definition) is 3. The second kappa shape index (κ2) is 6.46. The molecule has 0 aromatic heterocycles. The zero-order chi connectivity index (χ0) is 11.3. The summed E-state index contributed by atoms with van der Waals surface area (Å²) in [6.45, 7) is 10.2. The largest absolute Gasteiger partial charge is 0.390 e. The quantitative estimate of drug-likeness (QED) is 0.754. The van der Waals surface area contributed by atoms with E-state index in [0.29, 0.717) is 5.92 Å². The molecule has 1 heterocycles. The van der Waals surface area contributed by atoms with Crippen LogP contribution in [0.15, 0.2) is 0 Å². The molecule has 1 fully saturated rings. The van der Waals surface area contributed by atoms with Crippen LogP contribution in [0, 0.1) is 5.92 Å². The van der Waals surface area contributed by atoms with Crippen molar-refractivity contribution < 1.29 is 9.84 Å². The minimum absolute atomic E-state index is 0.0210. The van der Waals surface area contributed by atoms with Crippen molar-refractivity contribution in [3.8, 4) is 0 Å². The van der Waals surface area contributed by atoms with Gasteiger partial charge >= 0.3 is 0 Å². The normalized spacial score (nSPS) is 25.8. The summed E-state index contributed by atoms with van der Waals surface area (Å²) in [7, 11) is 0. The van der Waals surface area contributed by atoms with Crippen LogP contribution in [0.25, 0.3) is 0 Å². The first-order valence-electron chi connectivity index (χ1n) is 6.15. The van der Waals surface area contributed by atoms with Crippen LogP contribution in [0.4, 0.5) is 0 Å². The Morgan fingerprint density at radius 2 is 2.20 bits per heavy atom. The number of ether oxygens (including phenoxy) is 1. The van der Waals surface area contributed by atoms with Crippen LogP contribution in [0.1, 0.15) is 33.6 Å². The molecule has 2 atom stereocenters. The topological polar surface area (TPSA) is 32.7 Å². The number of aliphatic hydroxyl groups is 1. The first-order chi connectivity index (χ1) is 7.13. The highest BCUT2D eigenvalue weighted by atomic mass is 16.5. The average Bonchev–Trinajstić information content (AvgIpc) is 2.17. The van der Waals surface area contributed by atoms with E-state index in [1.165, 1.54) is 6.42 Å². The van der Waals surface area contributed by atoms with Gasteiger partial charge in [0.15, 0.2) is 0 Å². The lowest BCUT2D eigenvalue weighted by molar-refractivity contribution is -0.0929. The van der Waals surface area contributed by atoms with E-state index < -0.39 is 0 Å². The Morgan fingerprint density at radius 3 is 2.80 bits per heavy atom. The Labute approximate surface area is 93.4 Å². The van der Waals surface area contributed by atoms with Gasteiger partial charge in [0.05, 0.1) is 18.8 Å². The van der Waals surface area contributed by atoms with Crippen molar-refractivity contribution >= 4 is 0 Å². The molecule has 0 amide bonds. The average molecular weight is 215 g/mol. The van der Waals surface area contributed by atoms with Gasteiger partial charge in [0.2, 0.25) is 0 Å². The Bertz CT molecular complexity index is 171. The van der Waals surface area contributed by atoms with Crippen molar-refractivity contribution in [2.75, 3.05) is 26.2 Å². The fourth-order valence-electron chi connectivity index (χ4n) is 2.12. The third kappa shape index (κ3) is 4.49. The van der Waals surface area contributed by atoms with Crippen molar-refractivity contribution in [1.82, 2.24) is 4.90 Å². The minimum atomic E-state index is -0.301. The molecule has 1 saturated heterocycles. The highest BCUT2D eigenvalue weighted by molar-refractivity contribution is 4.78. The van der Waals surface area contributed by atoms with Crippen molar-refractivity contribution in [3.05, 3.63) is 0 Å². The van der Waals surface area contributed by atoms with Crippen LogP contribution in [-0.2, 0) is 4.74 Å². The van der Waals surface area contributed by atoms with Gasteiger partial charge in [-0.15, -0.1) is 0 Å². The summed E-state index contributed by atoms with van der Waals surface area (Å²) in [6, 6.07) is 0. The molecule has 0 aromatic carbocycles. The lowest BCUT2D eigenvalue weighted by atomic mass is 10.0. The van der Waals surface area contributed by atoms with E-state index in [4.69, 9.17) is 4.74 Å². The van der Waals surface area contributed by atoms with Gasteiger partial charge in [-0.3, -0.25) is 4.90 Å². The van der Waals surface area contributed by atoms with Gasteiger partial charge in [0.25, 0.3) is 0 Å². The van der Waals surface area contributed by atoms with E-state index in [1.807, 2.05) is 0 Å². The molecule has 90 valence electrons. The molecule has 1 aliphatic heterocycles. The fraction of sp³-hybridized carbons (Fsp3) is 1.00. The summed E-state index contributed by atoms with van der Waals surface area (Å²) in [5.74, 6) is 0.533. The molecule has 0 bridgehead atoms. The number of nitrogens with zero attached hydrogens (tertiary/aromatic N) is 1. The molecule has 0 spiro atoms. The third-order valence-corrected chi connectivity index (χ3v) is 2.86. The molecule has 3 heteroatoms. The maximum atomic E-state index is 9.98. The number of aliphatic hydroxyl groups excluding tert-OH is 1. The molecule has 0 saturated carbocycles. The predicted octanol–water partition coefficient (Wildman–Crippen LogP) is 1.50.